The predicted molar refractivity (Wildman–Crippen MR) is 95.3 cm³/mol. The van der Waals surface area contributed by atoms with Gasteiger partial charge in [0.05, 0.1) is 17.4 Å². The maximum Gasteiger partial charge on any atom is 0.435 e. The van der Waals surface area contributed by atoms with Crippen molar-refractivity contribution in [2.24, 2.45) is 0 Å². The van der Waals surface area contributed by atoms with Crippen LogP contribution in [0.15, 0.2) is 41.3 Å². The zero-order chi connectivity index (χ0) is 20.5. The molecule has 0 bridgehead atoms. The average Bonchev–Trinajstić information content (AvgIpc) is 3.08. The van der Waals surface area contributed by atoms with E-state index in [0.717, 1.165) is 16.9 Å². The van der Waals surface area contributed by atoms with Gasteiger partial charge in [-0.3, -0.25) is 14.3 Å². The minimum atomic E-state index is -4.57. The quantitative estimate of drug-likeness (QED) is 0.722. The Morgan fingerprint density at radius 2 is 1.96 bits per heavy atom. The fraction of sp³-hybridized carbons (Fsp3) is 0.333. The molecule has 0 radical (unpaired) electrons. The van der Waals surface area contributed by atoms with Crippen molar-refractivity contribution < 1.29 is 18.0 Å². The normalized spacial score (nSPS) is 11.9. The lowest BCUT2D eigenvalue weighted by Gasteiger charge is -2.26. The standard InChI is InChI=1S/C18H18F3N5O2/c1-11(2)26(16(27)10-25-8-7-14(24-25)18(19,20)21)9-15-22-13-6-4-3-5-12(13)17(28)23-15/h3-8,11H,9-10H2,1-2H3,(H,22,23,28). The second-order valence-corrected chi connectivity index (χ2v) is 6.54. The van der Waals surface area contributed by atoms with E-state index in [2.05, 4.69) is 15.1 Å². The van der Waals surface area contributed by atoms with Crippen LogP contribution in [0.4, 0.5) is 13.2 Å². The SMILES string of the molecule is CC(C)N(Cc1nc2ccccc2c(=O)[nH]1)C(=O)Cn1ccc(C(F)(F)F)n1. The molecule has 0 aliphatic carbocycles. The molecular weight excluding hydrogens is 375 g/mol. The fourth-order valence-electron chi connectivity index (χ4n) is 2.76. The highest BCUT2D eigenvalue weighted by Crippen LogP contribution is 2.27. The molecule has 7 nitrogen and oxygen atoms in total. The van der Waals surface area contributed by atoms with Crippen molar-refractivity contribution in [3.8, 4) is 0 Å². The number of para-hydroxylation sites is 1. The van der Waals surface area contributed by atoms with Gasteiger partial charge in [0, 0.05) is 12.2 Å². The Balaban J connectivity index is 1.81. The van der Waals surface area contributed by atoms with Crippen LogP contribution in [0.3, 0.4) is 0 Å². The summed E-state index contributed by atoms with van der Waals surface area (Å²) < 4.78 is 38.9. The Labute approximate surface area is 157 Å². The second kappa shape index (κ2) is 7.45. The first-order valence-corrected chi connectivity index (χ1v) is 8.53. The van der Waals surface area contributed by atoms with E-state index in [-0.39, 0.29) is 24.7 Å². The molecule has 148 valence electrons. The minimum absolute atomic E-state index is 0.0178. The molecular formula is C18H18F3N5O2. The van der Waals surface area contributed by atoms with Crippen LogP contribution in [0.1, 0.15) is 25.4 Å². The van der Waals surface area contributed by atoms with Crippen LogP contribution in [-0.2, 0) is 24.1 Å². The van der Waals surface area contributed by atoms with Gasteiger partial charge in [0.15, 0.2) is 5.69 Å². The number of nitrogens with one attached hydrogen (secondary N) is 1. The van der Waals surface area contributed by atoms with E-state index >= 15 is 0 Å². The molecule has 1 N–H and O–H groups in total. The number of carbonyl (C=O) groups excluding carboxylic acids is 1. The Hall–Kier alpha value is -3.17. The molecule has 3 rings (SSSR count). The number of nitrogens with zero attached hydrogens (tertiary/aromatic N) is 4. The van der Waals surface area contributed by atoms with Crippen LogP contribution in [0.25, 0.3) is 10.9 Å². The lowest BCUT2D eigenvalue weighted by Crippen LogP contribution is -2.39. The van der Waals surface area contributed by atoms with Crippen LogP contribution in [-0.4, -0.2) is 36.6 Å². The van der Waals surface area contributed by atoms with Crippen molar-refractivity contribution in [3.63, 3.8) is 0 Å². The van der Waals surface area contributed by atoms with Gasteiger partial charge in [-0.1, -0.05) is 12.1 Å². The molecule has 0 aliphatic heterocycles. The third kappa shape index (κ3) is 4.21. The Kier molecular flexibility index (Phi) is 5.21. The van der Waals surface area contributed by atoms with Crippen molar-refractivity contribution in [1.82, 2.24) is 24.6 Å². The number of hydrogen-bond acceptors (Lipinski definition) is 4. The molecule has 0 aliphatic rings. The molecule has 0 saturated heterocycles. The minimum Gasteiger partial charge on any atom is -0.331 e. The van der Waals surface area contributed by atoms with Crippen LogP contribution in [0.5, 0.6) is 0 Å². The Morgan fingerprint density at radius 3 is 2.61 bits per heavy atom. The van der Waals surface area contributed by atoms with Crippen molar-refractivity contribution >= 4 is 16.8 Å². The number of aromatic amines is 1. The van der Waals surface area contributed by atoms with Gasteiger partial charge < -0.3 is 9.88 Å². The summed E-state index contributed by atoms with van der Waals surface area (Å²) in [6.07, 6.45) is -3.46. The summed E-state index contributed by atoms with van der Waals surface area (Å²) in [7, 11) is 0. The summed E-state index contributed by atoms with van der Waals surface area (Å²) in [5, 5.41) is 3.83. The number of hydrogen-bond donors (Lipinski definition) is 1. The van der Waals surface area contributed by atoms with Crippen LogP contribution < -0.4 is 5.56 Å². The molecule has 2 heterocycles. The van der Waals surface area contributed by atoms with Gasteiger partial charge in [0.1, 0.15) is 12.4 Å². The molecule has 0 fully saturated rings. The first-order chi connectivity index (χ1) is 13.1. The van der Waals surface area contributed by atoms with Crippen molar-refractivity contribution in [1.29, 1.82) is 0 Å². The summed E-state index contributed by atoms with van der Waals surface area (Å²) >= 11 is 0. The van der Waals surface area contributed by atoms with Gasteiger partial charge in [0.2, 0.25) is 5.91 Å². The molecule has 3 aromatic rings. The molecule has 1 amide bonds. The van der Waals surface area contributed by atoms with Crippen molar-refractivity contribution in [2.45, 2.75) is 39.2 Å². The fourth-order valence-corrected chi connectivity index (χ4v) is 2.76. The Morgan fingerprint density at radius 1 is 1.25 bits per heavy atom. The highest BCUT2D eigenvalue weighted by Gasteiger charge is 2.33. The Bertz CT molecular complexity index is 1060. The van der Waals surface area contributed by atoms with Gasteiger partial charge in [-0.05, 0) is 32.0 Å². The van der Waals surface area contributed by atoms with Gasteiger partial charge >= 0.3 is 6.18 Å². The number of benzene rings is 1. The topological polar surface area (TPSA) is 83.9 Å². The maximum absolute atomic E-state index is 12.7. The van der Waals surface area contributed by atoms with E-state index in [9.17, 15) is 22.8 Å². The third-order valence-electron chi connectivity index (χ3n) is 4.15. The number of halogens is 3. The lowest BCUT2D eigenvalue weighted by atomic mass is 10.2. The van der Waals surface area contributed by atoms with E-state index in [0.29, 0.717) is 16.7 Å². The van der Waals surface area contributed by atoms with E-state index < -0.39 is 17.8 Å². The monoisotopic (exact) mass is 393 g/mol. The van der Waals surface area contributed by atoms with Gasteiger partial charge in [-0.15, -0.1) is 0 Å². The third-order valence-corrected chi connectivity index (χ3v) is 4.15. The summed E-state index contributed by atoms with van der Waals surface area (Å²) in [4.78, 5) is 33.2. The first-order valence-electron chi connectivity index (χ1n) is 8.53. The molecule has 0 unspecified atom stereocenters. The zero-order valence-corrected chi connectivity index (χ0v) is 15.2. The van der Waals surface area contributed by atoms with Gasteiger partial charge in [-0.2, -0.15) is 18.3 Å². The number of alkyl halides is 3. The predicted octanol–water partition coefficient (Wildman–Crippen LogP) is 2.58. The molecule has 1 aromatic carbocycles. The number of aromatic nitrogens is 4. The second-order valence-electron chi connectivity index (χ2n) is 6.54. The molecule has 0 atom stereocenters. The smallest absolute Gasteiger partial charge is 0.331 e. The largest absolute Gasteiger partial charge is 0.435 e. The number of rotatable bonds is 5. The van der Waals surface area contributed by atoms with Crippen molar-refractivity contribution in [2.75, 3.05) is 0 Å². The molecule has 28 heavy (non-hydrogen) atoms. The summed E-state index contributed by atoms with van der Waals surface area (Å²) in [5.74, 6) is -0.148. The van der Waals surface area contributed by atoms with Gasteiger partial charge in [-0.25, -0.2) is 4.98 Å². The van der Waals surface area contributed by atoms with Crippen molar-refractivity contribution in [3.05, 3.63) is 58.4 Å². The molecule has 10 heteroatoms. The average molecular weight is 393 g/mol. The summed E-state index contributed by atoms with van der Waals surface area (Å²) in [5.41, 5.74) is -0.880. The van der Waals surface area contributed by atoms with Crippen LogP contribution in [0, 0.1) is 0 Å². The first kappa shape index (κ1) is 19.6. The van der Waals surface area contributed by atoms with E-state index in [1.54, 1.807) is 38.1 Å². The number of H-pyrrole nitrogens is 1. The summed E-state index contributed by atoms with van der Waals surface area (Å²) in [6, 6.07) is 7.36. The number of carbonyl (C=O) groups is 1. The van der Waals surface area contributed by atoms with E-state index in [1.165, 1.54) is 4.90 Å². The lowest BCUT2D eigenvalue weighted by molar-refractivity contribution is -0.142. The zero-order valence-electron chi connectivity index (χ0n) is 15.2. The van der Waals surface area contributed by atoms with E-state index in [4.69, 9.17) is 0 Å². The maximum atomic E-state index is 12.7. The molecule has 0 spiro atoms. The van der Waals surface area contributed by atoms with E-state index in [1.807, 2.05) is 0 Å². The number of fused-ring (bicyclic) bond motifs is 1. The van der Waals surface area contributed by atoms with Crippen LogP contribution in [0.2, 0.25) is 0 Å². The highest BCUT2D eigenvalue weighted by atomic mass is 19.4. The summed E-state index contributed by atoms with van der Waals surface area (Å²) in [6.45, 7) is 3.19. The van der Waals surface area contributed by atoms with Crippen LogP contribution >= 0.6 is 0 Å². The number of amides is 1. The molecule has 0 saturated carbocycles. The van der Waals surface area contributed by atoms with Gasteiger partial charge in [0.25, 0.3) is 5.56 Å². The highest BCUT2D eigenvalue weighted by molar-refractivity contribution is 5.78. The molecule has 2 aromatic heterocycles.